The van der Waals surface area contributed by atoms with E-state index in [1.807, 2.05) is 0 Å². The van der Waals surface area contributed by atoms with Crippen molar-refractivity contribution in [2.75, 3.05) is 13.2 Å². The Morgan fingerprint density at radius 2 is 2.42 bits per heavy atom. The van der Waals surface area contributed by atoms with E-state index in [2.05, 4.69) is 0 Å². The third-order valence-corrected chi connectivity index (χ3v) is 1.88. The Hall–Kier alpha value is -1.26. The monoisotopic (exact) mass is 172 g/mol. The van der Waals surface area contributed by atoms with Crippen LogP contribution in [0.1, 0.15) is 13.3 Å². The second kappa shape index (κ2) is 3.42. The molecule has 1 heterocycles. The summed E-state index contributed by atoms with van der Waals surface area (Å²) in [4.78, 5) is 23.1. The molecule has 0 aromatic rings. The predicted molar refractivity (Wildman–Crippen MR) is 41.3 cm³/mol. The Kier molecular flexibility index (Phi) is 2.52. The van der Waals surface area contributed by atoms with Gasteiger partial charge in [0.1, 0.15) is 6.04 Å². The first kappa shape index (κ1) is 8.83. The highest BCUT2D eigenvalue weighted by Crippen LogP contribution is 2.08. The average molecular weight is 172 g/mol. The van der Waals surface area contributed by atoms with Crippen LogP contribution in [0, 0.1) is 0 Å². The molecule has 0 spiro atoms. The first-order chi connectivity index (χ1) is 5.63. The maximum Gasteiger partial charge on any atom is 0.410 e. The molecule has 68 valence electrons. The molecule has 5 nitrogen and oxygen atoms in total. The van der Waals surface area contributed by atoms with E-state index in [0.717, 1.165) is 6.42 Å². The van der Waals surface area contributed by atoms with Crippen molar-refractivity contribution in [3.63, 3.8) is 0 Å². The van der Waals surface area contributed by atoms with Crippen molar-refractivity contribution in [1.29, 1.82) is 0 Å². The molecule has 0 radical (unpaired) electrons. The number of hydrogen-bond donors (Lipinski definition) is 1. The summed E-state index contributed by atoms with van der Waals surface area (Å²) in [7, 11) is 0. The minimum absolute atomic E-state index is 0.431. The number of nitrogens with two attached hydrogens (primary N) is 1. The SMILES string of the molecule is CC(C(N)=O)N1CCCOC1=O. The summed E-state index contributed by atoms with van der Waals surface area (Å²) in [5.41, 5.74) is 5.04. The Bertz CT molecular complexity index is 205. The number of ether oxygens (including phenoxy) is 1. The molecule has 0 aliphatic carbocycles. The molecule has 1 aliphatic rings. The third-order valence-electron chi connectivity index (χ3n) is 1.88. The molecular formula is C7H12N2O3. The van der Waals surface area contributed by atoms with Crippen molar-refractivity contribution in [3.05, 3.63) is 0 Å². The quantitative estimate of drug-likeness (QED) is 0.621. The van der Waals surface area contributed by atoms with Crippen LogP contribution in [-0.2, 0) is 9.53 Å². The van der Waals surface area contributed by atoms with Crippen LogP contribution in [0.4, 0.5) is 4.79 Å². The second-order valence-corrected chi connectivity index (χ2v) is 2.74. The maximum absolute atomic E-state index is 11.0. The molecule has 1 atom stereocenters. The lowest BCUT2D eigenvalue weighted by Crippen LogP contribution is -2.49. The molecule has 5 heteroatoms. The Balaban J connectivity index is 2.59. The zero-order chi connectivity index (χ0) is 9.14. The lowest BCUT2D eigenvalue weighted by molar-refractivity contribution is -0.122. The zero-order valence-electron chi connectivity index (χ0n) is 6.95. The summed E-state index contributed by atoms with van der Waals surface area (Å²) in [5.74, 6) is -0.506. The highest BCUT2D eigenvalue weighted by Gasteiger charge is 2.27. The number of cyclic esters (lactones) is 1. The van der Waals surface area contributed by atoms with Gasteiger partial charge in [0.15, 0.2) is 0 Å². The molecule has 0 saturated carbocycles. The summed E-state index contributed by atoms with van der Waals surface area (Å²) in [5, 5.41) is 0. The van der Waals surface area contributed by atoms with E-state index >= 15 is 0 Å². The number of carbonyl (C=O) groups excluding carboxylic acids is 2. The summed E-state index contributed by atoms with van der Waals surface area (Å²) in [6.45, 7) is 2.57. The summed E-state index contributed by atoms with van der Waals surface area (Å²) >= 11 is 0. The van der Waals surface area contributed by atoms with Crippen LogP contribution >= 0.6 is 0 Å². The number of amides is 2. The molecule has 2 N–H and O–H groups in total. The van der Waals surface area contributed by atoms with Crippen molar-refractivity contribution in [3.8, 4) is 0 Å². The van der Waals surface area contributed by atoms with Gasteiger partial charge in [0, 0.05) is 6.54 Å². The molecule has 12 heavy (non-hydrogen) atoms. The van der Waals surface area contributed by atoms with Crippen molar-refractivity contribution >= 4 is 12.0 Å². The zero-order valence-corrected chi connectivity index (χ0v) is 6.95. The molecule has 1 saturated heterocycles. The fraction of sp³-hybridized carbons (Fsp3) is 0.714. The van der Waals surface area contributed by atoms with E-state index in [9.17, 15) is 9.59 Å². The van der Waals surface area contributed by atoms with Gasteiger partial charge in [-0.05, 0) is 13.3 Å². The number of hydrogen-bond acceptors (Lipinski definition) is 3. The summed E-state index contributed by atoms with van der Waals surface area (Å²) < 4.78 is 4.74. The van der Waals surface area contributed by atoms with Crippen molar-refractivity contribution < 1.29 is 14.3 Å². The smallest absolute Gasteiger partial charge is 0.410 e. The first-order valence-electron chi connectivity index (χ1n) is 3.85. The van der Waals surface area contributed by atoms with Crippen LogP contribution in [0.25, 0.3) is 0 Å². The van der Waals surface area contributed by atoms with Crippen molar-refractivity contribution in [2.45, 2.75) is 19.4 Å². The van der Waals surface area contributed by atoms with E-state index in [-0.39, 0.29) is 0 Å². The third kappa shape index (κ3) is 1.66. The average Bonchev–Trinajstić information content (AvgIpc) is 2.04. The van der Waals surface area contributed by atoms with E-state index in [1.54, 1.807) is 6.92 Å². The molecule has 0 aromatic heterocycles. The highest BCUT2D eigenvalue weighted by molar-refractivity contribution is 5.84. The van der Waals surface area contributed by atoms with Gasteiger partial charge in [-0.2, -0.15) is 0 Å². The standard InChI is InChI=1S/C7H12N2O3/c1-5(6(8)10)9-3-2-4-12-7(9)11/h5H,2-4H2,1H3,(H2,8,10). The predicted octanol–water partition coefficient (Wildman–Crippen LogP) is -0.297. The van der Waals surface area contributed by atoms with Crippen molar-refractivity contribution in [2.24, 2.45) is 5.73 Å². The second-order valence-electron chi connectivity index (χ2n) is 2.74. The van der Waals surface area contributed by atoms with Crippen LogP contribution in [0.15, 0.2) is 0 Å². The molecule has 0 aromatic carbocycles. The van der Waals surface area contributed by atoms with Crippen LogP contribution in [0.2, 0.25) is 0 Å². The number of nitrogens with zero attached hydrogens (tertiary/aromatic N) is 1. The fourth-order valence-corrected chi connectivity index (χ4v) is 1.07. The molecule has 1 unspecified atom stereocenters. The van der Waals surface area contributed by atoms with Gasteiger partial charge >= 0.3 is 6.09 Å². The molecule has 1 fully saturated rings. The summed E-state index contributed by atoms with van der Waals surface area (Å²) in [6.07, 6.45) is 0.302. The first-order valence-corrected chi connectivity index (χ1v) is 3.85. The lowest BCUT2D eigenvalue weighted by Gasteiger charge is -2.29. The van der Waals surface area contributed by atoms with E-state index in [0.29, 0.717) is 13.2 Å². The minimum atomic E-state index is -0.571. The molecule has 1 rings (SSSR count). The number of primary amides is 1. The highest BCUT2D eigenvalue weighted by atomic mass is 16.6. The van der Waals surface area contributed by atoms with Crippen LogP contribution in [0.5, 0.6) is 0 Å². The largest absolute Gasteiger partial charge is 0.449 e. The van der Waals surface area contributed by atoms with Gasteiger partial charge in [0.05, 0.1) is 6.61 Å². The van der Waals surface area contributed by atoms with E-state index in [4.69, 9.17) is 10.5 Å². The Morgan fingerprint density at radius 3 is 2.92 bits per heavy atom. The van der Waals surface area contributed by atoms with Crippen LogP contribution < -0.4 is 5.73 Å². The lowest BCUT2D eigenvalue weighted by atomic mass is 10.2. The fourth-order valence-electron chi connectivity index (χ4n) is 1.07. The molecule has 2 amide bonds. The van der Waals surface area contributed by atoms with Crippen LogP contribution in [-0.4, -0.2) is 36.1 Å². The summed E-state index contributed by atoms with van der Waals surface area (Å²) in [6, 6.07) is -0.571. The van der Waals surface area contributed by atoms with Gasteiger partial charge in [-0.25, -0.2) is 4.79 Å². The van der Waals surface area contributed by atoms with Gasteiger partial charge in [-0.1, -0.05) is 0 Å². The Morgan fingerprint density at radius 1 is 1.75 bits per heavy atom. The number of rotatable bonds is 2. The van der Waals surface area contributed by atoms with Crippen molar-refractivity contribution in [1.82, 2.24) is 4.90 Å². The van der Waals surface area contributed by atoms with Gasteiger partial charge in [-0.15, -0.1) is 0 Å². The van der Waals surface area contributed by atoms with Gasteiger partial charge in [-0.3, -0.25) is 9.69 Å². The van der Waals surface area contributed by atoms with Gasteiger partial charge in [0.2, 0.25) is 5.91 Å². The minimum Gasteiger partial charge on any atom is -0.449 e. The Labute approximate surface area is 70.5 Å². The van der Waals surface area contributed by atoms with Gasteiger partial charge in [0.25, 0.3) is 0 Å². The molecule has 0 bridgehead atoms. The molecular weight excluding hydrogens is 160 g/mol. The van der Waals surface area contributed by atoms with E-state index < -0.39 is 18.0 Å². The number of carbonyl (C=O) groups is 2. The maximum atomic E-state index is 11.0. The molecule has 1 aliphatic heterocycles. The van der Waals surface area contributed by atoms with E-state index in [1.165, 1.54) is 4.90 Å². The van der Waals surface area contributed by atoms with Gasteiger partial charge < -0.3 is 10.5 Å². The normalized spacial score (nSPS) is 20.1. The topological polar surface area (TPSA) is 72.6 Å². The van der Waals surface area contributed by atoms with Crippen LogP contribution in [0.3, 0.4) is 0 Å².